The number of nitrogens with one attached hydrogen (secondary N) is 2. The first-order valence-electron chi connectivity index (χ1n) is 13.4. The SMILES string of the molecule is CCOc1cc(-c2ccc(C3CCC(CC(=O)O)CC3)cc2)ccc1NC.N#CCc1ccccc1NC=O. The maximum atomic E-state index is 10.9. The molecule has 1 aliphatic rings. The van der Waals surface area contributed by atoms with E-state index in [1.807, 2.05) is 38.2 Å². The zero-order chi connectivity index (χ0) is 28.0. The van der Waals surface area contributed by atoms with Crippen LogP contribution in [0.2, 0.25) is 0 Å². The largest absolute Gasteiger partial charge is 0.492 e. The van der Waals surface area contributed by atoms with Crippen LogP contribution in [-0.4, -0.2) is 31.1 Å². The number of carboxylic acid groups (broad SMARTS) is 1. The molecule has 0 unspecified atom stereocenters. The minimum Gasteiger partial charge on any atom is -0.492 e. The topological polar surface area (TPSA) is 111 Å². The van der Waals surface area contributed by atoms with Gasteiger partial charge >= 0.3 is 5.97 Å². The highest BCUT2D eigenvalue weighted by atomic mass is 16.5. The minimum atomic E-state index is -0.668. The van der Waals surface area contributed by atoms with Crippen LogP contribution >= 0.6 is 0 Å². The van der Waals surface area contributed by atoms with Crippen molar-refractivity contribution in [3.05, 3.63) is 77.9 Å². The second kappa shape index (κ2) is 15.2. The Bertz CT molecular complexity index is 1260. The maximum absolute atomic E-state index is 10.9. The van der Waals surface area contributed by atoms with E-state index in [1.54, 1.807) is 6.07 Å². The van der Waals surface area contributed by atoms with E-state index in [-0.39, 0.29) is 0 Å². The van der Waals surface area contributed by atoms with Gasteiger partial charge in [-0.15, -0.1) is 0 Å². The molecule has 0 atom stereocenters. The monoisotopic (exact) mass is 527 g/mol. The molecule has 3 aromatic carbocycles. The molecular weight excluding hydrogens is 490 g/mol. The average Bonchev–Trinajstić information content (AvgIpc) is 2.95. The molecule has 0 aromatic heterocycles. The molecule has 39 heavy (non-hydrogen) atoms. The van der Waals surface area contributed by atoms with E-state index in [0.717, 1.165) is 48.2 Å². The molecule has 4 rings (SSSR count). The highest BCUT2D eigenvalue weighted by Crippen LogP contribution is 2.38. The van der Waals surface area contributed by atoms with Crippen LogP contribution < -0.4 is 15.4 Å². The number of hydrogen-bond acceptors (Lipinski definition) is 5. The molecule has 204 valence electrons. The number of carbonyl (C=O) groups excluding carboxylic acids is 1. The van der Waals surface area contributed by atoms with Crippen molar-refractivity contribution in [1.29, 1.82) is 5.26 Å². The summed E-state index contributed by atoms with van der Waals surface area (Å²) in [4.78, 5) is 21.0. The van der Waals surface area contributed by atoms with Gasteiger partial charge in [0.05, 0.1) is 24.8 Å². The van der Waals surface area contributed by atoms with Gasteiger partial charge in [-0.1, -0.05) is 48.5 Å². The summed E-state index contributed by atoms with van der Waals surface area (Å²) >= 11 is 0. The van der Waals surface area contributed by atoms with Gasteiger partial charge in [0.25, 0.3) is 0 Å². The maximum Gasteiger partial charge on any atom is 0.303 e. The minimum absolute atomic E-state index is 0.316. The summed E-state index contributed by atoms with van der Waals surface area (Å²) in [6.07, 6.45) is 5.44. The number of hydrogen-bond donors (Lipinski definition) is 3. The number of para-hydroxylation sites is 1. The fourth-order valence-corrected chi connectivity index (χ4v) is 5.04. The molecule has 1 fully saturated rings. The van der Waals surface area contributed by atoms with Crippen LogP contribution in [-0.2, 0) is 16.0 Å². The molecule has 7 nitrogen and oxygen atoms in total. The normalized spacial score (nSPS) is 16.1. The molecule has 0 spiro atoms. The van der Waals surface area contributed by atoms with Gasteiger partial charge in [-0.3, -0.25) is 9.59 Å². The highest BCUT2D eigenvalue weighted by Gasteiger charge is 2.24. The first-order chi connectivity index (χ1) is 19.0. The van der Waals surface area contributed by atoms with Crippen LogP contribution in [0.5, 0.6) is 5.75 Å². The number of nitrogens with zero attached hydrogens (tertiary/aromatic N) is 1. The number of nitriles is 1. The van der Waals surface area contributed by atoms with Gasteiger partial charge in [0.15, 0.2) is 0 Å². The fourth-order valence-electron chi connectivity index (χ4n) is 5.04. The number of benzene rings is 3. The quantitative estimate of drug-likeness (QED) is 0.248. The molecule has 1 aliphatic carbocycles. The Hall–Kier alpha value is -4.31. The van der Waals surface area contributed by atoms with Crippen molar-refractivity contribution < 1.29 is 19.4 Å². The third kappa shape index (κ3) is 8.61. The van der Waals surface area contributed by atoms with Gasteiger partial charge < -0.3 is 20.5 Å². The number of rotatable bonds is 10. The van der Waals surface area contributed by atoms with E-state index in [4.69, 9.17) is 15.1 Å². The van der Waals surface area contributed by atoms with E-state index in [0.29, 0.717) is 43.4 Å². The van der Waals surface area contributed by atoms with E-state index in [9.17, 15) is 9.59 Å². The van der Waals surface area contributed by atoms with Gasteiger partial charge in [0, 0.05) is 19.2 Å². The summed E-state index contributed by atoms with van der Waals surface area (Å²) < 4.78 is 5.74. The number of aliphatic carboxylic acids is 1. The molecule has 3 N–H and O–H groups in total. The summed E-state index contributed by atoms with van der Waals surface area (Å²) in [7, 11) is 1.90. The van der Waals surface area contributed by atoms with Crippen LogP contribution in [0.25, 0.3) is 11.1 Å². The van der Waals surface area contributed by atoms with Crippen molar-refractivity contribution in [2.45, 2.75) is 51.4 Å². The third-order valence-corrected chi connectivity index (χ3v) is 7.08. The van der Waals surface area contributed by atoms with Crippen molar-refractivity contribution in [3.8, 4) is 22.9 Å². The van der Waals surface area contributed by atoms with E-state index in [1.165, 1.54) is 11.1 Å². The lowest BCUT2D eigenvalue weighted by Gasteiger charge is -2.28. The molecule has 1 amide bonds. The Morgan fingerprint density at radius 3 is 2.33 bits per heavy atom. The van der Waals surface area contributed by atoms with E-state index in [2.05, 4.69) is 53.1 Å². The van der Waals surface area contributed by atoms with Crippen molar-refractivity contribution in [2.24, 2.45) is 5.92 Å². The van der Waals surface area contributed by atoms with Gasteiger partial charge in [0.1, 0.15) is 5.75 Å². The van der Waals surface area contributed by atoms with Crippen LogP contribution in [0.15, 0.2) is 66.7 Å². The second-order valence-electron chi connectivity index (χ2n) is 9.59. The second-order valence-corrected chi connectivity index (χ2v) is 9.59. The number of carboxylic acids is 1. The van der Waals surface area contributed by atoms with Gasteiger partial charge in [-0.25, -0.2) is 0 Å². The van der Waals surface area contributed by atoms with Crippen molar-refractivity contribution in [2.75, 3.05) is 24.3 Å². The Morgan fingerprint density at radius 1 is 1.03 bits per heavy atom. The smallest absolute Gasteiger partial charge is 0.303 e. The summed E-state index contributed by atoms with van der Waals surface area (Å²) in [5, 5.41) is 23.1. The van der Waals surface area contributed by atoms with Crippen LogP contribution in [0.4, 0.5) is 11.4 Å². The highest BCUT2D eigenvalue weighted by molar-refractivity contribution is 5.73. The van der Waals surface area contributed by atoms with Crippen molar-refractivity contribution >= 4 is 23.8 Å². The fraction of sp³-hybridized carbons (Fsp3) is 0.344. The summed E-state index contributed by atoms with van der Waals surface area (Å²) in [5.74, 6) is 1.10. The third-order valence-electron chi connectivity index (χ3n) is 7.08. The summed E-state index contributed by atoms with van der Waals surface area (Å²) in [6, 6.07) is 24.3. The Morgan fingerprint density at radius 2 is 1.72 bits per heavy atom. The summed E-state index contributed by atoms with van der Waals surface area (Å²) in [5.41, 5.74) is 6.23. The van der Waals surface area contributed by atoms with Gasteiger partial charge in [0.2, 0.25) is 6.41 Å². The molecule has 3 aromatic rings. The zero-order valence-electron chi connectivity index (χ0n) is 22.7. The lowest BCUT2D eigenvalue weighted by molar-refractivity contribution is -0.138. The van der Waals surface area contributed by atoms with Crippen molar-refractivity contribution in [3.63, 3.8) is 0 Å². The molecular formula is C32H37N3O4. The molecule has 0 aliphatic heterocycles. The van der Waals surface area contributed by atoms with Crippen LogP contribution in [0.3, 0.4) is 0 Å². The first kappa shape index (κ1) is 29.2. The van der Waals surface area contributed by atoms with Crippen LogP contribution in [0.1, 0.15) is 56.1 Å². The Balaban J connectivity index is 0.000000293. The standard InChI is InChI=1S/C23H29NO3.C9H8N2O/c1-3-27-22-15-20(12-13-21(22)24-2)19-10-8-18(9-11-19)17-6-4-16(5-7-17)14-23(25)26;10-6-5-8-3-1-2-4-9(8)11-7-12/h8-13,15-17,24H,3-7,14H2,1-2H3,(H,25,26);1-4,7H,5H2,(H,11,12). The molecule has 0 radical (unpaired) electrons. The first-order valence-corrected chi connectivity index (χ1v) is 13.4. The Kier molecular flexibility index (Phi) is 11.4. The van der Waals surface area contributed by atoms with E-state index < -0.39 is 5.97 Å². The lowest BCUT2D eigenvalue weighted by atomic mass is 9.77. The van der Waals surface area contributed by atoms with Gasteiger partial charge in [-0.05, 0) is 84.9 Å². The number of ether oxygens (including phenoxy) is 1. The number of amides is 1. The predicted octanol–water partition coefficient (Wildman–Crippen LogP) is 6.86. The molecule has 7 heteroatoms. The molecule has 1 saturated carbocycles. The predicted molar refractivity (Wildman–Crippen MR) is 155 cm³/mol. The van der Waals surface area contributed by atoms with Crippen molar-refractivity contribution in [1.82, 2.24) is 0 Å². The zero-order valence-corrected chi connectivity index (χ0v) is 22.7. The number of carbonyl (C=O) groups is 2. The summed E-state index contributed by atoms with van der Waals surface area (Å²) in [6.45, 7) is 2.63. The van der Waals surface area contributed by atoms with Gasteiger partial charge in [-0.2, -0.15) is 5.26 Å². The molecule has 0 heterocycles. The average molecular weight is 528 g/mol. The van der Waals surface area contributed by atoms with Crippen LogP contribution in [0, 0.1) is 17.2 Å². The number of anilines is 2. The Labute approximate surface area is 230 Å². The lowest BCUT2D eigenvalue weighted by Crippen LogP contribution is -2.16. The molecule has 0 bridgehead atoms. The van der Waals surface area contributed by atoms with E-state index >= 15 is 0 Å². The molecule has 0 saturated heterocycles.